The number of benzene rings is 4. The molecule has 1 fully saturated rings. The highest BCUT2D eigenvalue weighted by atomic mass is 79.9. The molecule has 1 atom stereocenters. The van der Waals surface area contributed by atoms with Crippen molar-refractivity contribution >= 4 is 38.9 Å². The SMILES string of the molecule is S=C1N[C@](Cc2ccccc2)(c2ccc(-c3ccccc3)cc2)NN1c1ccc(Br)cc1. The van der Waals surface area contributed by atoms with E-state index < -0.39 is 5.66 Å². The molecule has 1 saturated heterocycles. The molecule has 5 rings (SSSR count). The van der Waals surface area contributed by atoms with Crippen LogP contribution in [-0.2, 0) is 12.1 Å². The molecule has 0 unspecified atom stereocenters. The number of thiocarbonyl (C=S) groups is 1. The number of hydrazine groups is 1. The van der Waals surface area contributed by atoms with Crippen molar-refractivity contribution in [2.24, 2.45) is 0 Å². The molecule has 1 aliphatic heterocycles. The van der Waals surface area contributed by atoms with Gasteiger partial charge in [0.05, 0.1) is 5.69 Å². The lowest BCUT2D eigenvalue weighted by molar-refractivity contribution is 0.347. The van der Waals surface area contributed by atoms with E-state index in [0.29, 0.717) is 5.11 Å². The van der Waals surface area contributed by atoms with E-state index in [0.717, 1.165) is 22.1 Å². The summed E-state index contributed by atoms with van der Waals surface area (Å²) in [5.74, 6) is 0. The Hall–Kier alpha value is -2.99. The summed E-state index contributed by atoms with van der Waals surface area (Å²) in [6.45, 7) is 0. The van der Waals surface area contributed by atoms with Gasteiger partial charge in [-0.2, -0.15) is 5.43 Å². The second-order valence-electron chi connectivity index (χ2n) is 7.86. The van der Waals surface area contributed by atoms with Crippen molar-refractivity contribution in [1.82, 2.24) is 10.7 Å². The first-order valence-corrected chi connectivity index (χ1v) is 11.7. The molecule has 32 heavy (non-hydrogen) atoms. The monoisotopic (exact) mass is 499 g/mol. The molecular formula is C27H22BrN3S. The Morgan fingerprint density at radius 2 is 1.31 bits per heavy atom. The lowest BCUT2D eigenvalue weighted by Crippen LogP contribution is -2.50. The standard InChI is InChI=1S/C27H22BrN3S/c28-24-15-17-25(18-16-24)31-26(32)29-27(30-31,19-20-7-3-1-4-8-20)23-13-11-22(12-14-23)21-9-5-2-6-10-21/h1-18,30H,19H2,(H,29,32)/t27-/m0/s1. The fourth-order valence-electron chi connectivity index (χ4n) is 4.08. The minimum Gasteiger partial charge on any atom is -0.338 e. The normalized spacial score (nSPS) is 17.9. The van der Waals surface area contributed by atoms with Crippen molar-refractivity contribution in [3.63, 3.8) is 0 Å². The van der Waals surface area contributed by atoms with E-state index in [9.17, 15) is 0 Å². The summed E-state index contributed by atoms with van der Waals surface area (Å²) in [5, 5.41) is 6.19. The van der Waals surface area contributed by atoms with E-state index in [1.807, 2.05) is 41.4 Å². The van der Waals surface area contributed by atoms with Crippen molar-refractivity contribution in [2.75, 3.05) is 5.01 Å². The Balaban J connectivity index is 1.52. The molecule has 4 aromatic rings. The van der Waals surface area contributed by atoms with Gasteiger partial charge in [0.2, 0.25) is 0 Å². The van der Waals surface area contributed by atoms with Crippen LogP contribution in [0.15, 0.2) is 114 Å². The minimum absolute atomic E-state index is 0.555. The summed E-state index contributed by atoms with van der Waals surface area (Å²) in [5.41, 5.74) is 8.86. The highest BCUT2D eigenvalue weighted by Gasteiger charge is 2.42. The fraction of sp³-hybridized carbons (Fsp3) is 0.0741. The third kappa shape index (κ3) is 4.19. The molecule has 3 nitrogen and oxygen atoms in total. The summed E-state index contributed by atoms with van der Waals surface area (Å²) in [6.07, 6.45) is 0.742. The first kappa shape index (κ1) is 20.9. The van der Waals surface area contributed by atoms with Gasteiger partial charge in [-0.1, -0.05) is 101 Å². The molecule has 0 aromatic heterocycles. The molecule has 1 heterocycles. The maximum absolute atomic E-state index is 5.76. The second kappa shape index (κ2) is 8.87. The molecule has 2 N–H and O–H groups in total. The Kier molecular flexibility index (Phi) is 5.79. The molecule has 0 amide bonds. The summed E-state index contributed by atoms with van der Waals surface area (Å²) in [7, 11) is 0. The van der Waals surface area contributed by atoms with E-state index >= 15 is 0 Å². The summed E-state index contributed by atoms with van der Waals surface area (Å²) < 4.78 is 1.03. The van der Waals surface area contributed by atoms with Crippen LogP contribution in [0.4, 0.5) is 5.69 Å². The molecule has 4 aromatic carbocycles. The Bertz CT molecular complexity index is 1210. The maximum Gasteiger partial charge on any atom is 0.190 e. The Labute approximate surface area is 202 Å². The van der Waals surface area contributed by atoms with Gasteiger partial charge in [0, 0.05) is 10.9 Å². The van der Waals surface area contributed by atoms with Crippen molar-refractivity contribution in [3.05, 3.63) is 125 Å². The fourth-order valence-corrected chi connectivity index (χ4v) is 4.67. The topological polar surface area (TPSA) is 27.3 Å². The lowest BCUT2D eigenvalue weighted by Gasteiger charge is -2.31. The van der Waals surface area contributed by atoms with E-state index in [4.69, 9.17) is 12.2 Å². The summed E-state index contributed by atoms with van der Waals surface area (Å²) >= 11 is 9.27. The molecule has 158 valence electrons. The van der Waals surface area contributed by atoms with Gasteiger partial charge in [0.15, 0.2) is 5.11 Å². The van der Waals surface area contributed by atoms with Crippen LogP contribution in [0.5, 0.6) is 0 Å². The molecule has 1 aliphatic rings. The van der Waals surface area contributed by atoms with E-state index in [1.54, 1.807) is 0 Å². The summed E-state index contributed by atoms with van der Waals surface area (Å²) in [4.78, 5) is 0. The van der Waals surface area contributed by atoms with E-state index in [-0.39, 0.29) is 0 Å². The predicted octanol–water partition coefficient (Wildman–Crippen LogP) is 6.41. The van der Waals surface area contributed by atoms with Gasteiger partial charge >= 0.3 is 0 Å². The van der Waals surface area contributed by atoms with Gasteiger partial charge in [-0.05, 0) is 58.7 Å². The highest BCUT2D eigenvalue weighted by molar-refractivity contribution is 9.10. The first-order chi connectivity index (χ1) is 15.6. The molecule has 5 heteroatoms. The van der Waals surface area contributed by atoms with Crippen LogP contribution in [-0.4, -0.2) is 5.11 Å². The zero-order valence-electron chi connectivity index (χ0n) is 17.3. The predicted molar refractivity (Wildman–Crippen MR) is 139 cm³/mol. The quantitative estimate of drug-likeness (QED) is 0.310. The smallest absolute Gasteiger partial charge is 0.190 e. The van der Waals surface area contributed by atoms with Crippen LogP contribution < -0.4 is 15.8 Å². The average Bonchev–Trinajstić information content (AvgIpc) is 3.18. The van der Waals surface area contributed by atoms with E-state index in [1.165, 1.54) is 16.7 Å². The first-order valence-electron chi connectivity index (χ1n) is 10.5. The van der Waals surface area contributed by atoms with Crippen LogP contribution in [0.1, 0.15) is 11.1 Å². The van der Waals surface area contributed by atoms with Gasteiger partial charge in [-0.25, -0.2) is 5.01 Å². The number of nitrogens with zero attached hydrogens (tertiary/aromatic N) is 1. The van der Waals surface area contributed by atoms with Crippen LogP contribution in [0.25, 0.3) is 11.1 Å². The zero-order valence-corrected chi connectivity index (χ0v) is 19.7. The molecular weight excluding hydrogens is 478 g/mol. The minimum atomic E-state index is -0.555. The van der Waals surface area contributed by atoms with Gasteiger partial charge in [-0.3, -0.25) is 0 Å². The van der Waals surface area contributed by atoms with Crippen LogP contribution in [0.2, 0.25) is 0 Å². The van der Waals surface area contributed by atoms with Crippen LogP contribution >= 0.6 is 28.1 Å². The molecule has 0 aliphatic carbocycles. The van der Waals surface area contributed by atoms with Crippen molar-refractivity contribution in [2.45, 2.75) is 12.1 Å². The zero-order chi connectivity index (χ0) is 22.0. The van der Waals surface area contributed by atoms with Crippen molar-refractivity contribution in [3.8, 4) is 11.1 Å². The molecule has 0 radical (unpaired) electrons. The number of anilines is 1. The Morgan fingerprint density at radius 1 is 0.719 bits per heavy atom. The van der Waals surface area contributed by atoms with Crippen LogP contribution in [0, 0.1) is 0 Å². The Morgan fingerprint density at radius 3 is 1.97 bits per heavy atom. The van der Waals surface area contributed by atoms with Gasteiger partial charge in [-0.15, -0.1) is 0 Å². The second-order valence-corrected chi connectivity index (χ2v) is 9.17. The number of nitrogens with one attached hydrogen (secondary N) is 2. The van der Waals surface area contributed by atoms with Gasteiger partial charge in [0.1, 0.15) is 5.66 Å². The highest BCUT2D eigenvalue weighted by Crippen LogP contribution is 2.32. The third-order valence-corrected chi connectivity index (χ3v) is 6.52. The van der Waals surface area contributed by atoms with Gasteiger partial charge in [0.25, 0.3) is 0 Å². The number of hydrogen-bond acceptors (Lipinski definition) is 2. The molecule has 0 saturated carbocycles. The van der Waals surface area contributed by atoms with Gasteiger partial charge < -0.3 is 5.32 Å². The van der Waals surface area contributed by atoms with Crippen molar-refractivity contribution in [1.29, 1.82) is 0 Å². The maximum atomic E-state index is 5.76. The van der Waals surface area contributed by atoms with Crippen LogP contribution in [0.3, 0.4) is 0 Å². The largest absolute Gasteiger partial charge is 0.338 e. The molecule has 0 spiro atoms. The number of rotatable bonds is 5. The lowest BCUT2D eigenvalue weighted by atomic mass is 9.91. The average molecular weight is 500 g/mol. The van der Waals surface area contributed by atoms with Crippen molar-refractivity contribution < 1.29 is 0 Å². The molecule has 0 bridgehead atoms. The van der Waals surface area contributed by atoms with E-state index in [2.05, 4.69) is 99.5 Å². The summed E-state index contributed by atoms with van der Waals surface area (Å²) in [6, 6.07) is 37.7. The third-order valence-electron chi connectivity index (χ3n) is 5.71. The number of hydrogen-bond donors (Lipinski definition) is 2. The number of halogens is 1.